The highest BCUT2D eigenvalue weighted by atomic mass is 15.3. The largest absolute Gasteiger partial charge is 0.326 e. The van der Waals surface area contributed by atoms with Gasteiger partial charge in [-0.25, -0.2) is 0 Å². The zero-order valence-electron chi connectivity index (χ0n) is 6.16. The third kappa shape index (κ3) is 0.856. The van der Waals surface area contributed by atoms with E-state index < -0.39 is 0 Å². The molecule has 0 saturated carbocycles. The highest BCUT2D eigenvalue weighted by Crippen LogP contribution is 2.27. The Kier molecular flexibility index (Phi) is 1.44. The minimum atomic E-state index is 0.296. The van der Waals surface area contributed by atoms with Gasteiger partial charge in [-0.1, -0.05) is 0 Å². The molecule has 2 aliphatic rings. The summed E-state index contributed by atoms with van der Waals surface area (Å²) in [6, 6.07) is 0.397. The van der Waals surface area contributed by atoms with Crippen LogP contribution in [0.3, 0.4) is 0 Å². The molecule has 2 saturated heterocycles. The minimum Gasteiger partial charge on any atom is -0.326 e. The summed E-state index contributed by atoms with van der Waals surface area (Å²) in [4.78, 5) is 2.30. The predicted molar refractivity (Wildman–Crippen MR) is 40.2 cm³/mol. The number of fused-ring (bicyclic) bond motifs is 2. The van der Waals surface area contributed by atoms with Crippen molar-refractivity contribution in [3.05, 3.63) is 0 Å². The molecule has 4 atom stereocenters. The van der Waals surface area contributed by atoms with Gasteiger partial charge in [-0.15, -0.1) is 0 Å². The summed E-state index contributed by atoms with van der Waals surface area (Å²) in [7, 11) is 0. The number of hydrogen-bond donors (Lipinski definition) is 2. The molecule has 2 bridgehead atoms. The average molecular weight is 141 g/mol. The normalized spacial score (nSPS) is 53.4. The molecule has 3 heteroatoms. The van der Waals surface area contributed by atoms with Crippen molar-refractivity contribution in [3.63, 3.8) is 0 Å². The van der Waals surface area contributed by atoms with Crippen LogP contribution in [0.4, 0.5) is 0 Å². The van der Waals surface area contributed by atoms with E-state index in [1.54, 1.807) is 0 Å². The Morgan fingerprint density at radius 1 is 1.10 bits per heavy atom. The molecule has 0 aromatic carbocycles. The molecule has 0 aromatic rings. The van der Waals surface area contributed by atoms with E-state index >= 15 is 0 Å². The molecule has 3 nitrogen and oxygen atoms in total. The zero-order valence-corrected chi connectivity index (χ0v) is 6.16. The summed E-state index contributed by atoms with van der Waals surface area (Å²) in [6.45, 7) is 2.16. The molecule has 0 amide bonds. The standard InChI is InChI=1S/C7H15N3/c8-6-4-10-3-5(6)1-2-7(10)9/h5-7H,1-4,8-9H2. The summed E-state index contributed by atoms with van der Waals surface area (Å²) in [6.07, 6.45) is 2.67. The highest BCUT2D eigenvalue weighted by Gasteiger charge is 2.36. The van der Waals surface area contributed by atoms with E-state index in [9.17, 15) is 0 Å². The van der Waals surface area contributed by atoms with Crippen molar-refractivity contribution < 1.29 is 0 Å². The number of rotatable bonds is 0. The molecular weight excluding hydrogens is 126 g/mol. The number of piperidine rings is 1. The molecule has 0 aromatic heterocycles. The maximum Gasteiger partial charge on any atom is 0.0572 e. The van der Waals surface area contributed by atoms with Crippen molar-refractivity contribution in [2.75, 3.05) is 13.1 Å². The SMILES string of the molecule is NC1CN2CC1CCC2N. The van der Waals surface area contributed by atoms with Crippen molar-refractivity contribution in [3.8, 4) is 0 Å². The minimum absolute atomic E-state index is 0.296. The van der Waals surface area contributed by atoms with Gasteiger partial charge in [-0.3, -0.25) is 4.90 Å². The molecule has 2 aliphatic heterocycles. The molecule has 58 valence electrons. The fourth-order valence-electron chi connectivity index (χ4n) is 2.07. The van der Waals surface area contributed by atoms with Crippen LogP contribution in [0.5, 0.6) is 0 Å². The molecule has 4 unspecified atom stereocenters. The van der Waals surface area contributed by atoms with E-state index in [4.69, 9.17) is 11.5 Å². The number of nitrogens with two attached hydrogens (primary N) is 2. The van der Waals surface area contributed by atoms with Gasteiger partial charge in [-0.2, -0.15) is 0 Å². The van der Waals surface area contributed by atoms with Crippen LogP contribution < -0.4 is 11.5 Å². The lowest BCUT2D eigenvalue weighted by Crippen LogP contribution is -2.43. The molecule has 10 heavy (non-hydrogen) atoms. The van der Waals surface area contributed by atoms with Crippen molar-refractivity contribution >= 4 is 0 Å². The fraction of sp³-hybridized carbons (Fsp3) is 1.00. The second-order valence-electron chi connectivity index (χ2n) is 3.52. The van der Waals surface area contributed by atoms with Crippen LogP contribution in [0.15, 0.2) is 0 Å². The van der Waals surface area contributed by atoms with Gasteiger partial charge in [0.05, 0.1) is 6.17 Å². The van der Waals surface area contributed by atoms with Crippen molar-refractivity contribution in [2.45, 2.75) is 25.0 Å². The third-order valence-corrected chi connectivity index (χ3v) is 2.82. The van der Waals surface area contributed by atoms with Gasteiger partial charge in [0.2, 0.25) is 0 Å². The Labute approximate surface area is 61.4 Å². The zero-order chi connectivity index (χ0) is 7.14. The van der Waals surface area contributed by atoms with Crippen LogP contribution in [-0.4, -0.2) is 30.2 Å². The van der Waals surface area contributed by atoms with Crippen LogP contribution in [0.2, 0.25) is 0 Å². The van der Waals surface area contributed by atoms with E-state index in [0.29, 0.717) is 12.2 Å². The lowest BCUT2D eigenvalue weighted by Gasteiger charge is -2.28. The second kappa shape index (κ2) is 2.19. The fourth-order valence-corrected chi connectivity index (χ4v) is 2.07. The topological polar surface area (TPSA) is 55.3 Å². The van der Waals surface area contributed by atoms with Crippen LogP contribution in [0, 0.1) is 5.92 Å². The van der Waals surface area contributed by atoms with Gasteiger partial charge < -0.3 is 11.5 Å². The smallest absolute Gasteiger partial charge is 0.0572 e. The van der Waals surface area contributed by atoms with Gasteiger partial charge in [0.25, 0.3) is 0 Å². The highest BCUT2D eigenvalue weighted by molar-refractivity contribution is 4.92. The molecular formula is C7H15N3. The molecule has 0 radical (unpaired) electrons. The summed E-state index contributed by atoms with van der Waals surface area (Å²) in [5.74, 6) is 0.736. The molecule has 2 rings (SSSR count). The lowest BCUT2D eigenvalue weighted by atomic mass is 9.96. The Morgan fingerprint density at radius 2 is 1.90 bits per heavy atom. The Hall–Kier alpha value is -0.120. The monoisotopic (exact) mass is 141 g/mol. The van der Waals surface area contributed by atoms with E-state index in [0.717, 1.165) is 25.4 Å². The van der Waals surface area contributed by atoms with Crippen LogP contribution in [0.25, 0.3) is 0 Å². The van der Waals surface area contributed by atoms with Gasteiger partial charge in [0, 0.05) is 19.1 Å². The molecule has 2 fully saturated rings. The van der Waals surface area contributed by atoms with Crippen molar-refractivity contribution in [1.29, 1.82) is 0 Å². The Morgan fingerprint density at radius 3 is 2.60 bits per heavy atom. The predicted octanol–water partition coefficient (Wildman–Crippen LogP) is -0.676. The maximum absolute atomic E-state index is 5.88. The number of nitrogens with zero attached hydrogens (tertiary/aromatic N) is 1. The van der Waals surface area contributed by atoms with E-state index in [1.807, 2.05) is 0 Å². The van der Waals surface area contributed by atoms with Crippen LogP contribution in [-0.2, 0) is 0 Å². The molecule has 0 aliphatic carbocycles. The number of hydrogen-bond acceptors (Lipinski definition) is 3. The van der Waals surface area contributed by atoms with Crippen LogP contribution >= 0.6 is 0 Å². The molecule has 4 N–H and O–H groups in total. The van der Waals surface area contributed by atoms with Crippen LogP contribution in [0.1, 0.15) is 12.8 Å². The third-order valence-electron chi connectivity index (χ3n) is 2.82. The Bertz CT molecular complexity index is 135. The van der Waals surface area contributed by atoms with Crippen molar-refractivity contribution in [2.24, 2.45) is 17.4 Å². The quantitative estimate of drug-likeness (QED) is 0.470. The first-order chi connectivity index (χ1) is 4.77. The maximum atomic E-state index is 5.88. The lowest BCUT2D eigenvalue weighted by molar-refractivity contribution is 0.186. The van der Waals surface area contributed by atoms with E-state index in [2.05, 4.69) is 4.90 Å². The van der Waals surface area contributed by atoms with Gasteiger partial charge in [-0.05, 0) is 18.8 Å². The average Bonchev–Trinajstić information content (AvgIpc) is 2.21. The second-order valence-corrected chi connectivity index (χ2v) is 3.52. The van der Waals surface area contributed by atoms with Gasteiger partial charge in [0.1, 0.15) is 0 Å². The molecule has 0 spiro atoms. The van der Waals surface area contributed by atoms with Gasteiger partial charge in [0.15, 0.2) is 0 Å². The summed E-state index contributed by atoms with van der Waals surface area (Å²) >= 11 is 0. The Balaban J connectivity index is 2.08. The summed E-state index contributed by atoms with van der Waals surface area (Å²) in [5.41, 5.74) is 11.7. The first-order valence-corrected chi connectivity index (χ1v) is 4.02. The first-order valence-electron chi connectivity index (χ1n) is 4.02. The summed E-state index contributed by atoms with van der Waals surface area (Å²) in [5, 5.41) is 0. The van der Waals surface area contributed by atoms with E-state index in [-0.39, 0.29) is 0 Å². The van der Waals surface area contributed by atoms with E-state index in [1.165, 1.54) is 6.42 Å². The van der Waals surface area contributed by atoms with Gasteiger partial charge >= 0.3 is 0 Å². The summed E-state index contributed by atoms with van der Waals surface area (Å²) < 4.78 is 0. The first kappa shape index (κ1) is 6.58. The molecule has 2 heterocycles. The van der Waals surface area contributed by atoms with Crippen molar-refractivity contribution in [1.82, 2.24) is 4.90 Å².